The Morgan fingerprint density at radius 1 is 0.852 bits per heavy atom. The van der Waals surface area contributed by atoms with Crippen LogP contribution in [0.3, 0.4) is 0 Å². The summed E-state index contributed by atoms with van der Waals surface area (Å²) in [5.74, 6) is -3.27. The van der Waals surface area contributed by atoms with Crippen LogP contribution in [0.4, 0.5) is 0 Å². The van der Waals surface area contributed by atoms with E-state index >= 15 is 0 Å². The number of carbonyl (C=O) groups excluding carboxylic acids is 4. The second kappa shape index (κ2) is 20.4. The molecule has 1 aliphatic carbocycles. The Labute approximate surface area is 355 Å². The number of rotatable bonds is 17. The Balaban J connectivity index is 1.18. The highest BCUT2D eigenvalue weighted by Crippen LogP contribution is 2.47. The van der Waals surface area contributed by atoms with E-state index in [1.807, 2.05) is 60.7 Å². The molecule has 4 aromatic rings. The van der Waals surface area contributed by atoms with E-state index < -0.39 is 59.5 Å². The Morgan fingerprint density at radius 3 is 2.18 bits per heavy atom. The van der Waals surface area contributed by atoms with Gasteiger partial charge in [0.15, 0.2) is 0 Å². The predicted octanol–water partition coefficient (Wildman–Crippen LogP) is 5.74. The summed E-state index contributed by atoms with van der Waals surface area (Å²) in [7, 11) is 0. The molecule has 320 valence electrons. The number of esters is 2. The quantitative estimate of drug-likeness (QED) is 0.0580. The van der Waals surface area contributed by atoms with E-state index in [0.717, 1.165) is 16.7 Å². The van der Waals surface area contributed by atoms with Gasteiger partial charge in [-0.25, -0.2) is 4.79 Å². The zero-order chi connectivity index (χ0) is 43.4. The van der Waals surface area contributed by atoms with Crippen LogP contribution in [0.5, 0.6) is 0 Å². The van der Waals surface area contributed by atoms with Crippen molar-refractivity contribution in [2.24, 2.45) is 0 Å². The van der Waals surface area contributed by atoms with Gasteiger partial charge in [0, 0.05) is 41.6 Å². The lowest BCUT2D eigenvalue weighted by Crippen LogP contribution is -2.43. The maximum atomic E-state index is 14.0. The summed E-state index contributed by atoms with van der Waals surface area (Å²) in [5.41, 5.74) is 3.14. The zero-order valence-corrected chi connectivity index (χ0v) is 34.5. The number of nitrogens with one attached hydrogen (secondary N) is 2. The van der Waals surface area contributed by atoms with E-state index in [2.05, 4.69) is 10.6 Å². The van der Waals surface area contributed by atoms with Gasteiger partial charge in [-0.05, 0) is 74.7 Å². The molecular weight excluding hydrogens is 781 g/mol. The molecule has 13 heteroatoms. The predicted molar refractivity (Wildman–Crippen MR) is 226 cm³/mol. The first kappa shape index (κ1) is 44.4. The highest BCUT2D eigenvalue weighted by Gasteiger charge is 2.55. The average Bonchev–Trinajstić information content (AvgIpc) is 3.67. The van der Waals surface area contributed by atoms with Gasteiger partial charge in [0.05, 0.1) is 31.1 Å². The monoisotopic (exact) mass is 832 g/mol. The second-order valence-electron chi connectivity index (χ2n) is 15.7. The van der Waals surface area contributed by atoms with Gasteiger partial charge in [0.2, 0.25) is 11.7 Å². The second-order valence-corrected chi connectivity index (χ2v) is 15.7. The van der Waals surface area contributed by atoms with Crippen molar-refractivity contribution >= 4 is 29.8 Å². The van der Waals surface area contributed by atoms with E-state index in [0.29, 0.717) is 22.3 Å². The average molecular weight is 833 g/mol. The van der Waals surface area contributed by atoms with Crippen LogP contribution in [-0.2, 0) is 45.6 Å². The molecule has 4 atom stereocenters. The Bertz CT molecular complexity index is 2140. The van der Waals surface area contributed by atoms with Crippen molar-refractivity contribution < 1.29 is 53.1 Å². The molecule has 6 rings (SSSR count). The van der Waals surface area contributed by atoms with E-state index in [4.69, 9.17) is 28.8 Å². The van der Waals surface area contributed by atoms with Gasteiger partial charge < -0.3 is 44.5 Å². The Hall–Kier alpha value is -6.12. The molecule has 1 aliphatic heterocycles. The molecule has 4 aromatic carbocycles. The van der Waals surface area contributed by atoms with Crippen LogP contribution in [-0.4, -0.2) is 83.7 Å². The molecule has 4 unspecified atom stereocenters. The van der Waals surface area contributed by atoms with Crippen molar-refractivity contribution in [3.8, 4) is 0 Å². The molecule has 0 saturated carbocycles. The van der Waals surface area contributed by atoms with Gasteiger partial charge in [0.25, 0.3) is 5.91 Å². The Kier molecular flexibility index (Phi) is 14.9. The van der Waals surface area contributed by atoms with E-state index in [-0.39, 0.29) is 45.6 Å². The maximum Gasteiger partial charge on any atom is 0.338 e. The molecule has 0 radical (unpaired) electrons. The van der Waals surface area contributed by atoms with Crippen LogP contribution < -0.4 is 10.6 Å². The van der Waals surface area contributed by atoms with Crippen LogP contribution in [0.15, 0.2) is 127 Å². The number of hydrogen-bond donors (Lipinski definition) is 4. The summed E-state index contributed by atoms with van der Waals surface area (Å²) in [5, 5.41) is 24.5. The van der Waals surface area contributed by atoms with Gasteiger partial charge in [0.1, 0.15) is 30.5 Å². The minimum Gasteiger partial charge on any atom is -0.499 e. The van der Waals surface area contributed by atoms with Gasteiger partial charge in [-0.15, -0.1) is 0 Å². The molecule has 2 amide bonds. The molecular formula is C48H52N2O11. The number of hydrogen-bond acceptors (Lipinski definition) is 11. The van der Waals surface area contributed by atoms with Crippen LogP contribution in [0.1, 0.15) is 83.0 Å². The summed E-state index contributed by atoms with van der Waals surface area (Å²) in [6, 6.07) is 31.7. The minimum absolute atomic E-state index is 0.0252. The SMILES string of the molecule is CC(C)(C)OC(=O)CCC(CO)NC(=O)c1cccc(CNC(=O)C2=CC3OC(c4ccccc4)(c4ccccc4)OC3C(OC(=O)c3ccc(C=COCCO)cc3)C2)c1. The molecule has 61 heavy (non-hydrogen) atoms. The van der Waals surface area contributed by atoms with Gasteiger partial charge in [-0.2, -0.15) is 0 Å². The van der Waals surface area contributed by atoms with Gasteiger partial charge in [-0.1, -0.05) is 84.9 Å². The van der Waals surface area contributed by atoms with Crippen molar-refractivity contribution in [1.82, 2.24) is 10.6 Å². The van der Waals surface area contributed by atoms with Crippen molar-refractivity contribution in [3.63, 3.8) is 0 Å². The number of ether oxygens (including phenoxy) is 5. The molecule has 0 aromatic heterocycles. The maximum absolute atomic E-state index is 14.0. The lowest BCUT2D eigenvalue weighted by Gasteiger charge is -2.31. The fourth-order valence-electron chi connectivity index (χ4n) is 7.06. The number of aliphatic hydroxyl groups excluding tert-OH is 2. The third-order valence-electron chi connectivity index (χ3n) is 9.97. The van der Waals surface area contributed by atoms with Gasteiger partial charge >= 0.3 is 11.9 Å². The third-order valence-corrected chi connectivity index (χ3v) is 9.97. The number of aliphatic hydroxyl groups is 2. The lowest BCUT2D eigenvalue weighted by molar-refractivity contribution is -0.157. The fourth-order valence-corrected chi connectivity index (χ4v) is 7.06. The highest BCUT2D eigenvalue weighted by molar-refractivity contribution is 5.95. The molecule has 1 saturated heterocycles. The standard InChI is InChI=1S/C48H52N2O11/c1-47(2,3)60-42(53)22-21-39(31-52)50-45(55)35-12-10-11-33(27-35)30-49-44(54)36-28-40(58-46(56)34-19-17-32(18-20-34)23-25-57-26-24-51)43-41(29-36)59-48(61-43,37-13-6-4-7-14-37)38-15-8-5-9-16-38/h4-20,23,25,27,29,39-41,43,51-52H,21-22,24,26,28,30-31H2,1-3H3,(H,49,54)(H,50,55). The molecule has 2 aliphatic rings. The highest BCUT2D eigenvalue weighted by atomic mass is 16.8. The normalized spacial score (nSPS) is 18.6. The molecule has 1 heterocycles. The number of amides is 2. The minimum atomic E-state index is -1.37. The van der Waals surface area contributed by atoms with Crippen LogP contribution in [0, 0.1) is 0 Å². The third kappa shape index (κ3) is 11.8. The summed E-state index contributed by atoms with van der Waals surface area (Å²) in [6.45, 7) is 5.07. The Morgan fingerprint density at radius 2 is 1.54 bits per heavy atom. The molecule has 0 spiro atoms. The van der Waals surface area contributed by atoms with Crippen molar-refractivity contribution in [2.75, 3.05) is 19.8 Å². The number of carbonyl (C=O) groups is 4. The summed E-state index contributed by atoms with van der Waals surface area (Å²) in [6.07, 6.45) is 2.63. The largest absolute Gasteiger partial charge is 0.499 e. The number of benzene rings is 4. The van der Waals surface area contributed by atoms with Crippen LogP contribution in [0.25, 0.3) is 6.08 Å². The molecule has 4 N–H and O–H groups in total. The van der Waals surface area contributed by atoms with Crippen molar-refractivity contribution in [3.05, 3.63) is 160 Å². The summed E-state index contributed by atoms with van der Waals surface area (Å²) >= 11 is 0. The van der Waals surface area contributed by atoms with Gasteiger partial charge in [-0.3, -0.25) is 14.4 Å². The van der Waals surface area contributed by atoms with E-state index in [1.165, 1.54) is 6.26 Å². The molecule has 13 nitrogen and oxygen atoms in total. The first-order valence-electron chi connectivity index (χ1n) is 20.3. The molecule has 1 fully saturated rings. The summed E-state index contributed by atoms with van der Waals surface area (Å²) < 4.78 is 30.3. The smallest absolute Gasteiger partial charge is 0.338 e. The van der Waals surface area contributed by atoms with Crippen molar-refractivity contribution in [1.29, 1.82) is 0 Å². The zero-order valence-electron chi connectivity index (χ0n) is 34.5. The summed E-state index contributed by atoms with van der Waals surface area (Å²) in [4.78, 5) is 53.0. The van der Waals surface area contributed by atoms with Crippen molar-refractivity contribution in [2.45, 2.75) is 82.3 Å². The fraction of sp³-hybridized carbons (Fsp3) is 0.333. The molecule has 0 bridgehead atoms. The van der Waals surface area contributed by atoms with Crippen LogP contribution >= 0.6 is 0 Å². The first-order valence-corrected chi connectivity index (χ1v) is 20.3. The van der Waals surface area contributed by atoms with E-state index in [9.17, 15) is 24.3 Å². The topological polar surface area (TPSA) is 179 Å². The van der Waals surface area contributed by atoms with E-state index in [1.54, 1.807) is 81.5 Å². The van der Waals surface area contributed by atoms with Crippen LogP contribution in [0.2, 0.25) is 0 Å². The first-order chi connectivity index (χ1) is 29.4. The number of fused-ring (bicyclic) bond motifs is 1. The lowest BCUT2D eigenvalue weighted by atomic mass is 9.91.